The van der Waals surface area contributed by atoms with Crippen LogP contribution in [0.5, 0.6) is 5.75 Å². The van der Waals surface area contributed by atoms with Crippen LogP contribution in [0.4, 0.5) is 0 Å². The van der Waals surface area contributed by atoms with E-state index in [0.29, 0.717) is 6.42 Å². The van der Waals surface area contributed by atoms with Crippen molar-refractivity contribution in [2.75, 3.05) is 25.0 Å². The minimum Gasteiger partial charge on any atom is -0.491 e. The van der Waals surface area contributed by atoms with Crippen LogP contribution in [0.15, 0.2) is 48.1 Å². The Hall–Kier alpha value is -1.04. The molecule has 0 spiro atoms. The summed E-state index contributed by atoms with van der Waals surface area (Å²) in [5, 5.41) is 19.2. The highest BCUT2D eigenvalue weighted by Crippen LogP contribution is 2.26. The molecule has 0 fully saturated rings. The minimum atomic E-state index is -0.695. The molecule has 1 aliphatic carbocycles. The number of benzene rings is 1. The third-order valence-corrected chi connectivity index (χ3v) is 4.57. The third-order valence-electron chi connectivity index (χ3n) is 3.85. The van der Waals surface area contributed by atoms with E-state index in [1.165, 1.54) is 0 Å². The van der Waals surface area contributed by atoms with Crippen LogP contribution in [0.2, 0.25) is 0 Å². The Morgan fingerprint density at radius 3 is 2.56 bits per heavy atom. The van der Waals surface area contributed by atoms with Crippen molar-refractivity contribution in [3.8, 4) is 5.75 Å². The highest BCUT2D eigenvalue weighted by atomic mass is 35.5. The van der Waals surface area contributed by atoms with Gasteiger partial charge in [-0.05, 0) is 30.0 Å². The van der Waals surface area contributed by atoms with Crippen molar-refractivity contribution in [3.63, 3.8) is 0 Å². The SMILES string of the molecule is OC(CCl)COc1ccccc1CC1=CC=CCC1OCC(O)CCl. The van der Waals surface area contributed by atoms with Gasteiger partial charge in [-0.1, -0.05) is 36.4 Å². The molecule has 0 saturated carbocycles. The number of halogens is 2. The molecule has 1 aliphatic rings. The van der Waals surface area contributed by atoms with Crippen LogP contribution in [0.25, 0.3) is 0 Å². The number of aliphatic hydroxyl groups excluding tert-OH is 2. The van der Waals surface area contributed by atoms with Gasteiger partial charge in [-0.25, -0.2) is 0 Å². The van der Waals surface area contributed by atoms with Crippen LogP contribution < -0.4 is 4.74 Å². The molecular formula is C19H24Cl2O4. The number of ether oxygens (including phenoxy) is 2. The second-order valence-electron chi connectivity index (χ2n) is 5.94. The summed E-state index contributed by atoms with van der Waals surface area (Å²) in [4.78, 5) is 0. The van der Waals surface area contributed by atoms with Crippen LogP contribution in [0.3, 0.4) is 0 Å². The molecule has 0 radical (unpaired) electrons. The van der Waals surface area contributed by atoms with Crippen LogP contribution in [-0.4, -0.2) is 53.5 Å². The molecule has 3 atom stereocenters. The highest BCUT2D eigenvalue weighted by Gasteiger charge is 2.19. The zero-order valence-electron chi connectivity index (χ0n) is 14.0. The Bertz CT molecular complexity index is 589. The van der Waals surface area contributed by atoms with E-state index in [9.17, 15) is 10.2 Å². The van der Waals surface area contributed by atoms with E-state index in [1.54, 1.807) is 0 Å². The number of hydrogen-bond donors (Lipinski definition) is 2. The molecule has 2 N–H and O–H groups in total. The molecule has 4 nitrogen and oxygen atoms in total. The van der Waals surface area contributed by atoms with E-state index in [2.05, 4.69) is 0 Å². The maximum atomic E-state index is 9.61. The second-order valence-corrected chi connectivity index (χ2v) is 6.56. The van der Waals surface area contributed by atoms with Crippen LogP contribution in [-0.2, 0) is 11.2 Å². The number of hydrogen-bond acceptors (Lipinski definition) is 4. The van der Waals surface area contributed by atoms with Gasteiger partial charge in [-0.2, -0.15) is 0 Å². The topological polar surface area (TPSA) is 58.9 Å². The molecule has 1 aromatic rings. The van der Waals surface area contributed by atoms with E-state index in [-0.39, 0.29) is 31.1 Å². The normalized spacial score (nSPS) is 19.4. The van der Waals surface area contributed by atoms with Crippen molar-refractivity contribution in [2.24, 2.45) is 0 Å². The van der Waals surface area contributed by atoms with Gasteiger partial charge < -0.3 is 19.7 Å². The van der Waals surface area contributed by atoms with Crippen molar-refractivity contribution in [3.05, 3.63) is 53.6 Å². The van der Waals surface area contributed by atoms with E-state index < -0.39 is 12.2 Å². The van der Waals surface area contributed by atoms with Crippen LogP contribution in [0, 0.1) is 0 Å². The van der Waals surface area contributed by atoms with E-state index in [0.717, 1.165) is 23.3 Å². The van der Waals surface area contributed by atoms with Gasteiger partial charge in [-0.3, -0.25) is 0 Å². The molecule has 0 aliphatic heterocycles. The standard InChI is InChI=1S/C19H24Cl2O4/c20-10-16(22)12-24-18-7-3-1-5-14(18)9-15-6-2-4-8-19(15)25-13-17(23)11-21/h1-7,16-17,19,22-23H,8-13H2. The number of alkyl halides is 2. The summed E-state index contributed by atoms with van der Waals surface area (Å²) in [6, 6.07) is 7.72. The monoisotopic (exact) mass is 386 g/mol. The average Bonchev–Trinajstić information content (AvgIpc) is 2.66. The first-order valence-corrected chi connectivity index (χ1v) is 9.37. The zero-order chi connectivity index (χ0) is 18.1. The Morgan fingerprint density at radius 1 is 1.08 bits per heavy atom. The first-order chi connectivity index (χ1) is 12.1. The van der Waals surface area contributed by atoms with Crippen molar-refractivity contribution >= 4 is 23.2 Å². The number of para-hydroxylation sites is 1. The Balaban J connectivity index is 2.03. The van der Waals surface area contributed by atoms with Crippen molar-refractivity contribution < 1.29 is 19.7 Å². The molecular weight excluding hydrogens is 363 g/mol. The fraction of sp³-hybridized carbons (Fsp3) is 0.474. The molecule has 0 saturated heterocycles. The average molecular weight is 387 g/mol. The lowest BCUT2D eigenvalue weighted by Gasteiger charge is -2.24. The third kappa shape index (κ3) is 6.65. The molecule has 1 aromatic carbocycles. The number of allylic oxidation sites excluding steroid dienone is 2. The molecule has 138 valence electrons. The first-order valence-electron chi connectivity index (χ1n) is 8.30. The fourth-order valence-electron chi connectivity index (χ4n) is 2.51. The summed E-state index contributed by atoms with van der Waals surface area (Å²) in [7, 11) is 0. The Kier molecular flexibility index (Phi) is 8.79. The quantitative estimate of drug-likeness (QED) is 0.606. The van der Waals surface area contributed by atoms with Gasteiger partial charge in [0.05, 0.1) is 30.6 Å². The molecule has 0 bridgehead atoms. The largest absolute Gasteiger partial charge is 0.491 e. The number of rotatable bonds is 10. The van der Waals surface area contributed by atoms with Gasteiger partial charge in [0.1, 0.15) is 18.5 Å². The van der Waals surface area contributed by atoms with Crippen LogP contribution in [0.1, 0.15) is 12.0 Å². The highest BCUT2D eigenvalue weighted by molar-refractivity contribution is 6.18. The second kappa shape index (κ2) is 10.8. The van der Waals surface area contributed by atoms with Crippen LogP contribution >= 0.6 is 23.2 Å². The molecule has 0 heterocycles. The lowest BCUT2D eigenvalue weighted by Crippen LogP contribution is -2.25. The molecule has 6 heteroatoms. The van der Waals surface area contributed by atoms with Gasteiger partial charge in [0, 0.05) is 0 Å². The summed E-state index contributed by atoms with van der Waals surface area (Å²) in [6.07, 6.45) is 6.05. The summed E-state index contributed by atoms with van der Waals surface area (Å²) in [5.74, 6) is 1.01. The maximum Gasteiger partial charge on any atom is 0.122 e. The first kappa shape index (κ1) is 20.3. The lowest BCUT2D eigenvalue weighted by atomic mass is 9.94. The molecule has 0 amide bonds. The summed E-state index contributed by atoms with van der Waals surface area (Å²) >= 11 is 11.2. The Morgan fingerprint density at radius 2 is 1.80 bits per heavy atom. The van der Waals surface area contributed by atoms with Gasteiger partial charge in [0.25, 0.3) is 0 Å². The molecule has 0 aromatic heterocycles. The minimum absolute atomic E-state index is 0.0932. The number of aliphatic hydroxyl groups is 2. The fourth-order valence-corrected chi connectivity index (χ4v) is 2.69. The predicted octanol–water partition coefficient (Wildman–Crippen LogP) is 3.08. The van der Waals surface area contributed by atoms with E-state index >= 15 is 0 Å². The van der Waals surface area contributed by atoms with Gasteiger partial charge in [0.15, 0.2) is 0 Å². The summed E-state index contributed by atoms with van der Waals surface area (Å²) in [6.45, 7) is 0.362. The molecule has 2 rings (SSSR count). The van der Waals surface area contributed by atoms with Crippen molar-refractivity contribution in [1.29, 1.82) is 0 Å². The Labute approximate surface area is 158 Å². The predicted molar refractivity (Wildman–Crippen MR) is 101 cm³/mol. The van der Waals surface area contributed by atoms with Gasteiger partial charge >= 0.3 is 0 Å². The van der Waals surface area contributed by atoms with Crippen molar-refractivity contribution in [1.82, 2.24) is 0 Å². The lowest BCUT2D eigenvalue weighted by molar-refractivity contribution is 0.0142. The zero-order valence-corrected chi connectivity index (χ0v) is 15.5. The van der Waals surface area contributed by atoms with E-state index in [1.807, 2.05) is 42.5 Å². The molecule has 3 unspecified atom stereocenters. The summed E-state index contributed by atoms with van der Waals surface area (Å²) in [5.41, 5.74) is 2.12. The smallest absolute Gasteiger partial charge is 0.122 e. The van der Waals surface area contributed by atoms with Gasteiger partial charge in [-0.15, -0.1) is 23.2 Å². The molecule has 25 heavy (non-hydrogen) atoms. The summed E-state index contributed by atoms with van der Waals surface area (Å²) < 4.78 is 11.5. The van der Waals surface area contributed by atoms with E-state index in [4.69, 9.17) is 32.7 Å². The maximum absolute atomic E-state index is 9.61. The van der Waals surface area contributed by atoms with Gasteiger partial charge in [0.2, 0.25) is 0 Å². The van der Waals surface area contributed by atoms with Crippen molar-refractivity contribution in [2.45, 2.75) is 31.2 Å².